The highest BCUT2D eigenvalue weighted by Gasteiger charge is 2.21. The van der Waals surface area contributed by atoms with E-state index in [-0.39, 0.29) is 24.3 Å². The molecule has 0 bridgehead atoms. The first kappa shape index (κ1) is 20.1. The molecule has 6 heteroatoms. The Morgan fingerprint density at radius 3 is 2.64 bits per heavy atom. The van der Waals surface area contributed by atoms with Crippen LogP contribution in [-0.4, -0.2) is 42.6 Å². The van der Waals surface area contributed by atoms with Crippen LogP contribution in [-0.2, 0) is 11.3 Å². The zero-order valence-corrected chi connectivity index (χ0v) is 16.9. The van der Waals surface area contributed by atoms with Crippen molar-refractivity contribution in [1.82, 2.24) is 4.57 Å². The number of rotatable bonds is 8. The van der Waals surface area contributed by atoms with Crippen molar-refractivity contribution in [3.63, 3.8) is 0 Å². The second-order valence-electron chi connectivity index (χ2n) is 7.16. The van der Waals surface area contributed by atoms with Crippen molar-refractivity contribution in [2.24, 2.45) is 0 Å². The number of nitrogens with zero attached hydrogens (tertiary/aromatic N) is 1. The minimum atomic E-state index is -0.0972. The summed E-state index contributed by atoms with van der Waals surface area (Å²) in [5.41, 5.74) is 3.17. The number of hydrogen-bond acceptors (Lipinski definition) is 5. The summed E-state index contributed by atoms with van der Waals surface area (Å²) < 4.78 is 18.9. The van der Waals surface area contributed by atoms with Gasteiger partial charge in [-0.15, -0.1) is 0 Å². The number of carbonyl (C=O) groups is 2. The Labute approximate surface area is 165 Å². The predicted octanol–water partition coefficient (Wildman–Crippen LogP) is 3.76. The monoisotopic (exact) mass is 385 g/mol. The molecule has 1 saturated heterocycles. The fourth-order valence-corrected chi connectivity index (χ4v) is 3.58. The van der Waals surface area contributed by atoms with Crippen LogP contribution >= 0.6 is 0 Å². The number of ether oxygens (including phenoxy) is 3. The Hall–Kier alpha value is -2.60. The maximum Gasteiger partial charge on any atom is 0.202 e. The molecule has 2 aromatic rings. The molecule has 0 spiro atoms. The van der Waals surface area contributed by atoms with Crippen molar-refractivity contribution in [3.8, 4) is 11.5 Å². The van der Waals surface area contributed by atoms with Crippen LogP contribution in [0.3, 0.4) is 0 Å². The van der Waals surface area contributed by atoms with Gasteiger partial charge in [0.2, 0.25) is 5.78 Å². The zero-order valence-electron chi connectivity index (χ0n) is 16.9. The van der Waals surface area contributed by atoms with Gasteiger partial charge in [0.05, 0.1) is 13.2 Å². The van der Waals surface area contributed by atoms with E-state index in [4.69, 9.17) is 14.2 Å². The van der Waals surface area contributed by atoms with Crippen LogP contribution in [0.25, 0.3) is 0 Å². The topological polar surface area (TPSA) is 66.8 Å². The fraction of sp³-hybridized carbons (Fsp3) is 0.455. The number of ketones is 2. The lowest BCUT2D eigenvalue weighted by molar-refractivity contribution is 0.0911. The second-order valence-corrected chi connectivity index (χ2v) is 7.16. The summed E-state index contributed by atoms with van der Waals surface area (Å²) in [6.07, 6.45) is 2.36. The van der Waals surface area contributed by atoms with Gasteiger partial charge in [0, 0.05) is 35.7 Å². The Kier molecular flexibility index (Phi) is 6.19. The Morgan fingerprint density at radius 1 is 1.21 bits per heavy atom. The highest BCUT2D eigenvalue weighted by Crippen LogP contribution is 2.29. The average molecular weight is 385 g/mol. The van der Waals surface area contributed by atoms with Crippen LogP contribution in [0.4, 0.5) is 0 Å². The van der Waals surface area contributed by atoms with Gasteiger partial charge >= 0.3 is 0 Å². The first-order valence-corrected chi connectivity index (χ1v) is 9.54. The molecule has 2 heterocycles. The van der Waals surface area contributed by atoms with Crippen LogP contribution in [0.1, 0.15) is 51.9 Å². The lowest BCUT2D eigenvalue weighted by atomic mass is 10.1. The molecule has 1 aromatic carbocycles. The van der Waals surface area contributed by atoms with Crippen LogP contribution < -0.4 is 9.47 Å². The molecule has 1 aromatic heterocycles. The number of carbonyl (C=O) groups excluding carboxylic acids is 2. The average Bonchev–Trinajstić information content (AvgIpc) is 3.29. The summed E-state index contributed by atoms with van der Waals surface area (Å²) in [4.78, 5) is 24.3. The van der Waals surface area contributed by atoms with Crippen LogP contribution in [0.5, 0.6) is 11.5 Å². The summed E-state index contributed by atoms with van der Waals surface area (Å²) >= 11 is 0. The van der Waals surface area contributed by atoms with Crippen molar-refractivity contribution in [2.45, 2.75) is 46.3 Å². The Bertz CT molecular complexity index is 877. The maximum absolute atomic E-state index is 12.8. The molecule has 6 nitrogen and oxygen atoms in total. The minimum Gasteiger partial charge on any atom is -0.493 e. The summed E-state index contributed by atoms with van der Waals surface area (Å²) in [5, 5.41) is 0. The molecule has 0 unspecified atom stereocenters. The van der Waals surface area contributed by atoms with E-state index < -0.39 is 0 Å². The zero-order chi connectivity index (χ0) is 20.3. The van der Waals surface area contributed by atoms with E-state index in [1.807, 2.05) is 19.9 Å². The third kappa shape index (κ3) is 4.28. The second kappa shape index (κ2) is 8.61. The number of Topliss-reactive ketones (excluding diaryl/α,β-unsaturated/α-hetero) is 2. The molecule has 1 aliphatic rings. The lowest BCUT2D eigenvalue weighted by Gasteiger charge is -2.15. The van der Waals surface area contributed by atoms with Crippen molar-refractivity contribution in [3.05, 3.63) is 46.8 Å². The molecular weight excluding hydrogens is 358 g/mol. The number of benzene rings is 1. The summed E-state index contributed by atoms with van der Waals surface area (Å²) in [6.45, 7) is 6.94. The number of methoxy groups -OCH3 is 1. The molecule has 0 N–H and O–H groups in total. The minimum absolute atomic E-state index is 0.0559. The highest BCUT2D eigenvalue weighted by molar-refractivity contribution is 5.98. The number of hydrogen-bond donors (Lipinski definition) is 0. The predicted molar refractivity (Wildman–Crippen MR) is 106 cm³/mol. The molecule has 150 valence electrons. The molecule has 28 heavy (non-hydrogen) atoms. The highest BCUT2D eigenvalue weighted by atomic mass is 16.5. The van der Waals surface area contributed by atoms with Crippen LogP contribution in [0, 0.1) is 13.8 Å². The van der Waals surface area contributed by atoms with E-state index in [1.165, 1.54) is 14.0 Å². The van der Waals surface area contributed by atoms with Gasteiger partial charge in [0.1, 0.15) is 0 Å². The van der Waals surface area contributed by atoms with E-state index in [9.17, 15) is 9.59 Å². The molecule has 1 fully saturated rings. The van der Waals surface area contributed by atoms with Gasteiger partial charge in [-0.05, 0) is 57.9 Å². The van der Waals surface area contributed by atoms with Gasteiger partial charge in [-0.3, -0.25) is 9.59 Å². The third-order valence-electron chi connectivity index (χ3n) is 5.21. The fourth-order valence-electron chi connectivity index (χ4n) is 3.58. The first-order valence-electron chi connectivity index (χ1n) is 9.54. The molecule has 3 rings (SSSR count). The number of aryl methyl sites for hydroxylation is 1. The molecule has 1 atom stereocenters. The van der Waals surface area contributed by atoms with Crippen molar-refractivity contribution in [1.29, 1.82) is 0 Å². The van der Waals surface area contributed by atoms with E-state index in [0.29, 0.717) is 22.6 Å². The van der Waals surface area contributed by atoms with Gasteiger partial charge < -0.3 is 18.8 Å². The van der Waals surface area contributed by atoms with E-state index in [2.05, 4.69) is 4.57 Å². The molecule has 0 aliphatic carbocycles. The standard InChI is InChI=1S/C22H27NO5/c1-14-10-19(15(2)23(14)12-18-6-5-9-27-18)20(25)13-28-21-8-7-17(16(3)24)11-22(21)26-4/h7-8,10-11,18H,5-6,9,12-13H2,1-4H3/t18-/m0/s1. The van der Waals surface area contributed by atoms with Crippen LogP contribution in [0.15, 0.2) is 24.3 Å². The maximum atomic E-state index is 12.8. The van der Waals surface area contributed by atoms with E-state index in [1.54, 1.807) is 18.2 Å². The van der Waals surface area contributed by atoms with Gasteiger partial charge in [-0.1, -0.05) is 0 Å². The first-order chi connectivity index (χ1) is 13.4. The SMILES string of the molecule is COc1cc(C(C)=O)ccc1OCC(=O)c1cc(C)n(C[C@@H]2CCCO2)c1C. The largest absolute Gasteiger partial charge is 0.493 e. The van der Waals surface area contributed by atoms with Gasteiger partial charge in [-0.25, -0.2) is 0 Å². The van der Waals surface area contributed by atoms with Gasteiger partial charge in [0.25, 0.3) is 0 Å². The van der Waals surface area contributed by atoms with E-state index in [0.717, 1.165) is 37.4 Å². The Balaban J connectivity index is 1.71. The van der Waals surface area contributed by atoms with Crippen molar-refractivity contribution in [2.75, 3.05) is 20.3 Å². The third-order valence-corrected chi connectivity index (χ3v) is 5.21. The van der Waals surface area contributed by atoms with E-state index >= 15 is 0 Å². The lowest BCUT2D eigenvalue weighted by Crippen LogP contribution is -2.18. The number of aromatic nitrogens is 1. The van der Waals surface area contributed by atoms with Gasteiger partial charge in [0.15, 0.2) is 23.9 Å². The summed E-state index contributed by atoms with van der Waals surface area (Å²) in [6, 6.07) is 6.85. The summed E-state index contributed by atoms with van der Waals surface area (Å²) in [7, 11) is 1.51. The normalized spacial score (nSPS) is 16.2. The molecule has 1 aliphatic heterocycles. The molecule has 0 radical (unpaired) electrons. The smallest absolute Gasteiger partial charge is 0.202 e. The Morgan fingerprint density at radius 2 is 2.00 bits per heavy atom. The van der Waals surface area contributed by atoms with Crippen molar-refractivity contribution < 1.29 is 23.8 Å². The van der Waals surface area contributed by atoms with Gasteiger partial charge in [-0.2, -0.15) is 0 Å². The summed E-state index contributed by atoms with van der Waals surface area (Å²) in [5.74, 6) is 0.724. The van der Waals surface area contributed by atoms with Crippen molar-refractivity contribution >= 4 is 11.6 Å². The quantitative estimate of drug-likeness (QED) is 0.648. The molecule has 0 amide bonds. The molecule has 0 saturated carbocycles. The van der Waals surface area contributed by atoms with Crippen LogP contribution in [0.2, 0.25) is 0 Å². The molecular formula is C22H27NO5.